The zero-order chi connectivity index (χ0) is 15.8. The molecular formula is C17H12ClN3O2. The van der Waals surface area contributed by atoms with Gasteiger partial charge in [0.05, 0.1) is 17.6 Å². The predicted octanol–water partition coefficient (Wildman–Crippen LogP) is 3.73. The molecular weight excluding hydrogens is 314 g/mol. The minimum atomic E-state index is -0.156. The van der Waals surface area contributed by atoms with Crippen molar-refractivity contribution in [3.8, 4) is 28.1 Å². The number of anilines is 1. The van der Waals surface area contributed by atoms with Crippen molar-refractivity contribution >= 4 is 23.2 Å². The highest BCUT2D eigenvalue weighted by molar-refractivity contribution is 6.30. The third-order valence-electron chi connectivity index (χ3n) is 3.68. The number of nitrogens with one attached hydrogen (secondary N) is 2. The molecule has 1 aliphatic rings. The highest BCUT2D eigenvalue weighted by Gasteiger charge is 2.18. The maximum atomic E-state index is 11.5. The van der Waals surface area contributed by atoms with Crippen molar-refractivity contribution in [2.24, 2.45) is 0 Å². The molecule has 0 saturated carbocycles. The van der Waals surface area contributed by atoms with Gasteiger partial charge in [-0.25, -0.2) is 0 Å². The summed E-state index contributed by atoms with van der Waals surface area (Å²) in [6.07, 6.45) is 1.75. The standard InChI is InChI=1S/C17H12ClN3O2/c18-12-3-1-2-11(6-12)17-13(8-19-21-17)10-4-5-15-14(7-10)20-16(22)9-23-15/h1-8H,9H2,(H,19,21)(H,20,22). The highest BCUT2D eigenvalue weighted by Crippen LogP contribution is 2.36. The summed E-state index contributed by atoms with van der Waals surface area (Å²) < 4.78 is 5.39. The van der Waals surface area contributed by atoms with E-state index in [-0.39, 0.29) is 12.5 Å². The lowest BCUT2D eigenvalue weighted by Crippen LogP contribution is -2.25. The molecule has 6 heteroatoms. The van der Waals surface area contributed by atoms with E-state index in [1.54, 1.807) is 6.20 Å². The zero-order valence-corrected chi connectivity index (χ0v) is 12.7. The van der Waals surface area contributed by atoms with Crippen molar-refractivity contribution in [2.75, 3.05) is 11.9 Å². The molecule has 4 rings (SSSR count). The van der Waals surface area contributed by atoms with Gasteiger partial charge in [0, 0.05) is 16.1 Å². The fourth-order valence-electron chi connectivity index (χ4n) is 2.62. The van der Waals surface area contributed by atoms with E-state index in [9.17, 15) is 4.79 Å². The van der Waals surface area contributed by atoms with E-state index in [0.29, 0.717) is 16.5 Å². The van der Waals surface area contributed by atoms with Gasteiger partial charge in [0.25, 0.3) is 5.91 Å². The number of carbonyl (C=O) groups excluding carboxylic acids is 1. The third-order valence-corrected chi connectivity index (χ3v) is 3.91. The van der Waals surface area contributed by atoms with E-state index >= 15 is 0 Å². The van der Waals surface area contributed by atoms with Gasteiger partial charge in [-0.1, -0.05) is 29.8 Å². The Bertz CT molecular complexity index is 904. The number of aromatic amines is 1. The number of rotatable bonds is 2. The molecule has 1 aromatic heterocycles. The summed E-state index contributed by atoms with van der Waals surface area (Å²) >= 11 is 6.07. The Balaban J connectivity index is 1.79. The van der Waals surface area contributed by atoms with Crippen LogP contribution in [-0.2, 0) is 4.79 Å². The molecule has 0 unspecified atom stereocenters. The van der Waals surface area contributed by atoms with Crippen molar-refractivity contribution in [3.05, 3.63) is 53.7 Å². The number of nitrogens with zero attached hydrogens (tertiary/aromatic N) is 1. The Kier molecular flexibility index (Phi) is 3.28. The Hall–Kier alpha value is -2.79. The van der Waals surface area contributed by atoms with Gasteiger partial charge in [-0.15, -0.1) is 0 Å². The third kappa shape index (κ3) is 2.55. The van der Waals surface area contributed by atoms with Crippen LogP contribution in [0.1, 0.15) is 0 Å². The summed E-state index contributed by atoms with van der Waals surface area (Å²) in [5.41, 5.74) is 4.34. The van der Waals surface area contributed by atoms with E-state index in [1.807, 2.05) is 42.5 Å². The van der Waals surface area contributed by atoms with Crippen LogP contribution in [0.3, 0.4) is 0 Å². The van der Waals surface area contributed by atoms with Gasteiger partial charge in [0.15, 0.2) is 6.61 Å². The van der Waals surface area contributed by atoms with E-state index in [0.717, 1.165) is 22.4 Å². The molecule has 2 aromatic carbocycles. The molecule has 0 fully saturated rings. The number of amides is 1. The second-order valence-electron chi connectivity index (χ2n) is 5.22. The van der Waals surface area contributed by atoms with Crippen molar-refractivity contribution in [3.63, 3.8) is 0 Å². The average molecular weight is 326 g/mol. The van der Waals surface area contributed by atoms with Gasteiger partial charge in [-0.2, -0.15) is 5.10 Å². The van der Waals surface area contributed by atoms with E-state index in [1.165, 1.54) is 0 Å². The summed E-state index contributed by atoms with van der Waals surface area (Å²) in [7, 11) is 0. The van der Waals surface area contributed by atoms with Crippen LogP contribution in [0.2, 0.25) is 5.02 Å². The molecule has 0 aliphatic carbocycles. The molecule has 0 saturated heterocycles. The van der Waals surface area contributed by atoms with Crippen molar-refractivity contribution in [1.29, 1.82) is 0 Å². The Morgan fingerprint density at radius 2 is 2.04 bits per heavy atom. The van der Waals surface area contributed by atoms with Gasteiger partial charge in [0.2, 0.25) is 0 Å². The molecule has 0 spiro atoms. The van der Waals surface area contributed by atoms with Crippen LogP contribution in [0.5, 0.6) is 5.75 Å². The number of aromatic nitrogens is 2. The maximum Gasteiger partial charge on any atom is 0.262 e. The average Bonchev–Trinajstić information content (AvgIpc) is 3.03. The lowest BCUT2D eigenvalue weighted by atomic mass is 10.0. The number of hydrogen-bond donors (Lipinski definition) is 2. The van der Waals surface area contributed by atoms with Gasteiger partial charge in [-0.3, -0.25) is 9.89 Å². The number of ether oxygens (including phenoxy) is 1. The molecule has 2 N–H and O–H groups in total. The van der Waals surface area contributed by atoms with Crippen LogP contribution < -0.4 is 10.1 Å². The molecule has 0 atom stereocenters. The van der Waals surface area contributed by atoms with Crippen LogP contribution in [-0.4, -0.2) is 22.7 Å². The van der Waals surface area contributed by atoms with Crippen LogP contribution in [0.25, 0.3) is 22.4 Å². The summed E-state index contributed by atoms with van der Waals surface area (Å²) in [5.74, 6) is 0.512. The molecule has 114 valence electrons. The Morgan fingerprint density at radius 3 is 2.91 bits per heavy atom. The molecule has 5 nitrogen and oxygen atoms in total. The van der Waals surface area contributed by atoms with E-state index in [2.05, 4.69) is 15.5 Å². The Labute approximate surface area is 137 Å². The predicted molar refractivity (Wildman–Crippen MR) is 88.6 cm³/mol. The SMILES string of the molecule is O=C1COc2ccc(-c3cn[nH]c3-c3cccc(Cl)c3)cc2N1. The number of carbonyl (C=O) groups is 1. The molecule has 23 heavy (non-hydrogen) atoms. The fourth-order valence-corrected chi connectivity index (χ4v) is 2.81. The van der Waals surface area contributed by atoms with Crippen LogP contribution in [0, 0.1) is 0 Å². The van der Waals surface area contributed by atoms with Crippen LogP contribution in [0.4, 0.5) is 5.69 Å². The number of fused-ring (bicyclic) bond motifs is 1. The quantitative estimate of drug-likeness (QED) is 0.754. The van der Waals surface area contributed by atoms with Gasteiger partial charge in [0.1, 0.15) is 5.75 Å². The first kappa shape index (κ1) is 13.8. The summed E-state index contributed by atoms with van der Waals surface area (Å²) in [4.78, 5) is 11.5. The monoisotopic (exact) mass is 325 g/mol. The van der Waals surface area contributed by atoms with E-state index < -0.39 is 0 Å². The van der Waals surface area contributed by atoms with Gasteiger partial charge in [-0.05, 0) is 29.8 Å². The summed E-state index contributed by atoms with van der Waals surface area (Å²) in [5, 5.41) is 10.6. The number of H-pyrrole nitrogens is 1. The topological polar surface area (TPSA) is 67.0 Å². The first-order valence-electron chi connectivity index (χ1n) is 7.07. The maximum absolute atomic E-state index is 11.5. The largest absolute Gasteiger partial charge is 0.482 e. The number of benzene rings is 2. The molecule has 2 heterocycles. The zero-order valence-electron chi connectivity index (χ0n) is 12.0. The molecule has 0 bridgehead atoms. The van der Waals surface area contributed by atoms with Crippen molar-refractivity contribution in [2.45, 2.75) is 0 Å². The second kappa shape index (κ2) is 5.44. The number of hydrogen-bond acceptors (Lipinski definition) is 3. The Morgan fingerprint density at radius 1 is 1.13 bits per heavy atom. The van der Waals surface area contributed by atoms with Crippen LogP contribution >= 0.6 is 11.6 Å². The van der Waals surface area contributed by atoms with E-state index in [4.69, 9.17) is 16.3 Å². The molecule has 1 amide bonds. The minimum Gasteiger partial charge on any atom is -0.482 e. The molecule has 1 aliphatic heterocycles. The first-order valence-corrected chi connectivity index (χ1v) is 7.45. The lowest BCUT2D eigenvalue weighted by Gasteiger charge is -2.18. The van der Waals surface area contributed by atoms with Crippen molar-refractivity contribution < 1.29 is 9.53 Å². The van der Waals surface area contributed by atoms with Gasteiger partial charge >= 0.3 is 0 Å². The molecule has 3 aromatic rings. The molecule has 0 radical (unpaired) electrons. The minimum absolute atomic E-state index is 0.0474. The summed E-state index contributed by atoms with van der Waals surface area (Å²) in [6.45, 7) is 0.0474. The van der Waals surface area contributed by atoms with Crippen molar-refractivity contribution in [1.82, 2.24) is 10.2 Å². The summed E-state index contributed by atoms with van der Waals surface area (Å²) in [6, 6.07) is 13.2. The normalized spacial score (nSPS) is 13.2. The highest BCUT2D eigenvalue weighted by atomic mass is 35.5. The van der Waals surface area contributed by atoms with Crippen LogP contribution in [0.15, 0.2) is 48.7 Å². The smallest absolute Gasteiger partial charge is 0.262 e. The fraction of sp³-hybridized carbons (Fsp3) is 0.0588. The first-order chi connectivity index (χ1) is 11.2. The van der Waals surface area contributed by atoms with Gasteiger partial charge < -0.3 is 10.1 Å². The lowest BCUT2D eigenvalue weighted by molar-refractivity contribution is -0.118. The number of halogens is 1. The second-order valence-corrected chi connectivity index (χ2v) is 5.65.